The zero-order chi connectivity index (χ0) is 19.1. The van der Waals surface area contributed by atoms with Crippen LogP contribution < -0.4 is 15.4 Å². The average Bonchev–Trinajstić information content (AvgIpc) is 3.17. The summed E-state index contributed by atoms with van der Waals surface area (Å²) in [7, 11) is 1.67. The van der Waals surface area contributed by atoms with E-state index < -0.39 is 0 Å². The summed E-state index contributed by atoms with van der Waals surface area (Å²) < 4.78 is 5.20. The van der Waals surface area contributed by atoms with E-state index >= 15 is 0 Å². The third-order valence-electron chi connectivity index (χ3n) is 4.67. The quantitative estimate of drug-likeness (QED) is 0.310. The van der Waals surface area contributed by atoms with Gasteiger partial charge >= 0.3 is 0 Å². The molecule has 1 heterocycles. The molecule has 8 heteroatoms. The molecule has 154 valence electrons. The normalized spacial score (nSPS) is 19.6. The van der Waals surface area contributed by atoms with Crippen LogP contribution >= 0.6 is 35.3 Å². The van der Waals surface area contributed by atoms with Crippen LogP contribution in [-0.2, 0) is 6.54 Å². The van der Waals surface area contributed by atoms with E-state index in [1.165, 1.54) is 0 Å². The van der Waals surface area contributed by atoms with Crippen LogP contribution in [0.25, 0.3) is 10.6 Å². The third-order valence-corrected chi connectivity index (χ3v) is 5.61. The number of ether oxygens (including phenoxy) is 1. The maximum absolute atomic E-state index is 9.65. The number of hydrogen-bond acceptors (Lipinski definition) is 5. The van der Waals surface area contributed by atoms with Gasteiger partial charge < -0.3 is 20.5 Å². The highest BCUT2D eigenvalue weighted by Crippen LogP contribution is 2.26. The van der Waals surface area contributed by atoms with Gasteiger partial charge in [-0.2, -0.15) is 0 Å². The molecule has 28 heavy (non-hydrogen) atoms. The molecule has 1 aromatic carbocycles. The molecule has 0 bridgehead atoms. The minimum Gasteiger partial charge on any atom is -0.497 e. The van der Waals surface area contributed by atoms with E-state index in [0.717, 1.165) is 60.2 Å². The highest BCUT2D eigenvalue weighted by atomic mass is 127. The number of aliphatic hydroxyl groups is 1. The SMILES string of the molecule is CCNC(=NCc1csc(-c2ccc(OC)cc2)n1)NC1CCC(O)CC1.I. The number of nitrogens with one attached hydrogen (secondary N) is 2. The fraction of sp³-hybridized carbons (Fsp3) is 0.500. The maximum Gasteiger partial charge on any atom is 0.191 e. The van der Waals surface area contributed by atoms with Crippen LogP contribution in [-0.4, -0.2) is 41.9 Å². The molecule has 1 saturated carbocycles. The van der Waals surface area contributed by atoms with Gasteiger partial charge in [0, 0.05) is 23.5 Å². The molecule has 6 nitrogen and oxygen atoms in total. The smallest absolute Gasteiger partial charge is 0.191 e. The van der Waals surface area contributed by atoms with Crippen molar-refractivity contribution in [2.75, 3.05) is 13.7 Å². The van der Waals surface area contributed by atoms with Crippen molar-refractivity contribution >= 4 is 41.3 Å². The van der Waals surface area contributed by atoms with Crippen molar-refractivity contribution in [2.45, 2.75) is 51.3 Å². The first-order chi connectivity index (χ1) is 13.2. The van der Waals surface area contributed by atoms with Crippen molar-refractivity contribution in [3.63, 3.8) is 0 Å². The average molecular weight is 516 g/mol. The van der Waals surface area contributed by atoms with Gasteiger partial charge in [-0.3, -0.25) is 0 Å². The zero-order valence-corrected chi connectivity index (χ0v) is 19.5. The lowest BCUT2D eigenvalue weighted by molar-refractivity contribution is 0.120. The van der Waals surface area contributed by atoms with Crippen LogP contribution in [0.3, 0.4) is 0 Å². The maximum atomic E-state index is 9.65. The number of aromatic nitrogens is 1. The molecule has 1 aromatic heterocycles. The Balaban J connectivity index is 0.00000280. The minimum absolute atomic E-state index is 0. The highest BCUT2D eigenvalue weighted by Gasteiger charge is 2.20. The third kappa shape index (κ3) is 6.59. The van der Waals surface area contributed by atoms with Gasteiger partial charge in [-0.25, -0.2) is 9.98 Å². The van der Waals surface area contributed by atoms with Gasteiger partial charge in [0.05, 0.1) is 25.5 Å². The molecule has 1 aliphatic carbocycles. The highest BCUT2D eigenvalue weighted by molar-refractivity contribution is 14.0. The Labute approximate surface area is 187 Å². The molecule has 1 aliphatic rings. The molecule has 0 aliphatic heterocycles. The van der Waals surface area contributed by atoms with E-state index in [0.29, 0.717) is 12.6 Å². The van der Waals surface area contributed by atoms with E-state index in [1.807, 2.05) is 24.3 Å². The summed E-state index contributed by atoms with van der Waals surface area (Å²) in [5, 5.41) is 19.5. The molecular weight excluding hydrogens is 487 g/mol. The van der Waals surface area contributed by atoms with Gasteiger partial charge in [-0.15, -0.1) is 35.3 Å². The van der Waals surface area contributed by atoms with Gasteiger partial charge in [0.15, 0.2) is 5.96 Å². The van der Waals surface area contributed by atoms with Gasteiger partial charge in [-0.05, 0) is 56.9 Å². The fourth-order valence-corrected chi connectivity index (χ4v) is 3.96. The Morgan fingerprint density at radius 2 is 1.96 bits per heavy atom. The monoisotopic (exact) mass is 516 g/mol. The molecule has 0 spiro atoms. The van der Waals surface area contributed by atoms with Crippen LogP contribution in [0.5, 0.6) is 5.75 Å². The number of hydrogen-bond donors (Lipinski definition) is 3. The van der Waals surface area contributed by atoms with Gasteiger partial charge in [0.1, 0.15) is 10.8 Å². The fourth-order valence-electron chi connectivity index (χ4n) is 3.14. The predicted molar refractivity (Wildman–Crippen MR) is 126 cm³/mol. The van der Waals surface area contributed by atoms with Crippen LogP contribution in [0.2, 0.25) is 0 Å². The summed E-state index contributed by atoms with van der Waals surface area (Å²) in [5.74, 6) is 1.66. The van der Waals surface area contributed by atoms with E-state index in [-0.39, 0.29) is 30.1 Å². The molecule has 3 N–H and O–H groups in total. The van der Waals surface area contributed by atoms with Crippen molar-refractivity contribution in [3.8, 4) is 16.3 Å². The first-order valence-corrected chi connectivity index (χ1v) is 10.4. The molecule has 0 saturated heterocycles. The van der Waals surface area contributed by atoms with Gasteiger partial charge in [0.25, 0.3) is 0 Å². The zero-order valence-electron chi connectivity index (χ0n) is 16.4. The number of benzene rings is 1. The summed E-state index contributed by atoms with van der Waals surface area (Å²) >= 11 is 1.63. The largest absolute Gasteiger partial charge is 0.497 e. The van der Waals surface area contributed by atoms with Crippen LogP contribution in [0.1, 0.15) is 38.3 Å². The molecule has 1 fully saturated rings. The minimum atomic E-state index is -0.144. The van der Waals surface area contributed by atoms with Crippen LogP contribution in [0.15, 0.2) is 34.6 Å². The number of guanidine groups is 1. The van der Waals surface area contributed by atoms with Crippen molar-refractivity contribution in [2.24, 2.45) is 4.99 Å². The lowest BCUT2D eigenvalue weighted by Gasteiger charge is -2.27. The van der Waals surface area contributed by atoms with Crippen molar-refractivity contribution in [1.82, 2.24) is 15.6 Å². The number of methoxy groups -OCH3 is 1. The molecule has 3 rings (SSSR count). The number of aliphatic imine (C=N–C) groups is 1. The Kier molecular flexibility index (Phi) is 9.46. The number of halogens is 1. The van der Waals surface area contributed by atoms with E-state index in [9.17, 15) is 5.11 Å². The van der Waals surface area contributed by atoms with Crippen molar-refractivity contribution < 1.29 is 9.84 Å². The summed E-state index contributed by atoms with van der Waals surface area (Å²) in [5.41, 5.74) is 2.05. The van der Waals surface area contributed by atoms with Crippen LogP contribution in [0, 0.1) is 0 Å². The Hall–Kier alpha value is -1.39. The number of thiazole rings is 1. The number of aliphatic hydroxyl groups excluding tert-OH is 1. The number of nitrogens with zero attached hydrogens (tertiary/aromatic N) is 2. The summed E-state index contributed by atoms with van der Waals surface area (Å²) in [6.45, 7) is 3.42. The lowest BCUT2D eigenvalue weighted by Crippen LogP contribution is -2.45. The summed E-state index contributed by atoms with van der Waals surface area (Å²) in [4.78, 5) is 9.39. The standard InChI is InChI=1S/C20H28N4O2S.HI/c1-3-21-20(24-15-6-8-17(25)9-7-15)22-12-16-13-27-19(23-16)14-4-10-18(26-2)11-5-14;/h4-5,10-11,13,15,17,25H,3,6-9,12H2,1-2H3,(H2,21,22,24);1H. The molecule has 0 unspecified atom stereocenters. The Bertz CT molecular complexity index is 743. The summed E-state index contributed by atoms with van der Waals surface area (Å²) in [6, 6.07) is 8.31. The Morgan fingerprint density at radius 1 is 1.25 bits per heavy atom. The second kappa shape index (κ2) is 11.6. The number of rotatable bonds is 6. The van der Waals surface area contributed by atoms with Crippen LogP contribution in [0.4, 0.5) is 0 Å². The van der Waals surface area contributed by atoms with Gasteiger partial charge in [-0.1, -0.05) is 0 Å². The second-order valence-electron chi connectivity index (χ2n) is 6.72. The molecule has 2 aromatic rings. The Morgan fingerprint density at radius 3 is 2.61 bits per heavy atom. The topological polar surface area (TPSA) is 78.8 Å². The van der Waals surface area contributed by atoms with E-state index in [2.05, 4.69) is 27.9 Å². The summed E-state index contributed by atoms with van der Waals surface area (Å²) in [6.07, 6.45) is 3.52. The van der Waals surface area contributed by atoms with E-state index in [1.54, 1.807) is 18.4 Å². The van der Waals surface area contributed by atoms with Crippen molar-refractivity contribution in [3.05, 3.63) is 35.3 Å². The predicted octanol–water partition coefficient (Wildman–Crippen LogP) is 3.80. The molecular formula is C20H29IN4O2S. The lowest BCUT2D eigenvalue weighted by atomic mass is 9.93. The first kappa shape index (κ1) is 22.9. The second-order valence-corrected chi connectivity index (χ2v) is 7.58. The molecule has 0 atom stereocenters. The van der Waals surface area contributed by atoms with Gasteiger partial charge in [0.2, 0.25) is 0 Å². The molecule has 0 radical (unpaired) electrons. The van der Waals surface area contributed by atoms with E-state index in [4.69, 9.17) is 9.72 Å². The van der Waals surface area contributed by atoms with Crippen molar-refractivity contribution in [1.29, 1.82) is 0 Å². The first-order valence-electron chi connectivity index (χ1n) is 9.49. The molecule has 0 amide bonds.